The molecule has 0 fully saturated rings. The van der Waals surface area contributed by atoms with Gasteiger partial charge in [0.25, 0.3) is 0 Å². The molecule has 0 aromatic carbocycles. The topological polar surface area (TPSA) is 75.9 Å². The molecule has 1 aromatic heterocycles. The van der Waals surface area contributed by atoms with Crippen molar-refractivity contribution in [2.45, 2.75) is 40.5 Å². The molecule has 102 valence electrons. The van der Waals surface area contributed by atoms with Gasteiger partial charge in [-0.2, -0.15) is 0 Å². The minimum atomic E-state index is 0.314. The van der Waals surface area contributed by atoms with Gasteiger partial charge < -0.3 is 10.7 Å². The van der Waals surface area contributed by atoms with Crippen molar-refractivity contribution >= 4 is 11.6 Å². The highest BCUT2D eigenvalue weighted by atomic mass is 15.3. The normalized spacial score (nSPS) is 12.9. The van der Waals surface area contributed by atoms with Gasteiger partial charge in [0.05, 0.1) is 0 Å². The van der Waals surface area contributed by atoms with Crippen LogP contribution in [0.5, 0.6) is 0 Å². The molecule has 5 heteroatoms. The van der Waals surface area contributed by atoms with Gasteiger partial charge in [-0.3, -0.25) is 0 Å². The minimum absolute atomic E-state index is 0.314. The van der Waals surface area contributed by atoms with E-state index in [0.29, 0.717) is 23.6 Å². The molecule has 5 nitrogen and oxygen atoms in total. The number of anilines is 2. The molecule has 4 N–H and O–H groups in total. The van der Waals surface area contributed by atoms with E-state index in [2.05, 4.69) is 55.3 Å². The first kappa shape index (κ1) is 14.7. The molecule has 0 aliphatic carbocycles. The summed E-state index contributed by atoms with van der Waals surface area (Å²) in [5.74, 6) is 8.62. The highest BCUT2D eigenvalue weighted by Crippen LogP contribution is 2.28. The van der Waals surface area contributed by atoms with Gasteiger partial charge in [-0.25, -0.2) is 15.8 Å². The third kappa shape index (κ3) is 3.57. The van der Waals surface area contributed by atoms with E-state index in [1.165, 1.54) is 6.33 Å². The van der Waals surface area contributed by atoms with E-state index >= 15 is 0 Å². The molecule has 1 heterocycles. The van der Waals surface area contributed by atoms with Gasteiger partial charge in [-0.1, -0.05) is 34.6 Å². The molecule has 0 saturated carbocycles. The molecule has 0 amide bonds. The Labute approximate surface area is 110 Å². The summed E-state index contributed by atoms with van der Waals surface area (Å²) in [6.45, 7) is 11.8. The van der Waals surface area contributed by atoms with Crippen molar-refractivity contribution in [1.29, 1.82) is 0 Å². The number of nitrogens with one attached hydrogen (secondary N) is 2. The molecule has 0 radical (unpaired) electrons. The standard InChI is InChI=1S/C13H25N5/c1-8(2)10(5)6-15-12-11(9(3)4)13(18-14)17-7-16-12/h7-10H,6,14H2,1-5H3,(H2,15,16,17,18). The summed E-state index contributed by atoms with van der Waals surface area (Å²) in [6, 6.07) is 0. The fraction of sp³-hybridized carbons (Fsp3) is 0.692. The summed E-state index contributed by atoms with van der Waals surface area (Å²) >= 11 is 0. The average Bonchev–Trinajstić information content (AvgIpc) is 2.34. The zero-order valence-electron chi connectivity index (χ0n) is 12.0. The molecule has 1 unspecified atom stereocenters. The van der Waals surface area contributed by atoms with Gasteiger partial charge in [0, 0.05) is 12.1 Å². The van der Waals surface area contributed by atoms with Crippen LogP contribution >= 0.6 is 0 Å². The predicted octanol–water partition coefficient (Wildman–Crippen LogP) is 2.59. The molecular formula is C13H25N5. The maximum atomic E-state index is 5.49. The first-order valence-electron chi connectivity index (χ1n) is 6.52. The Bertz CT molecular complexity index is 376. The Morgan fingerprint density at radius 1 is 1.11 bits per heavy atom. The van der Waals surface area contributed by atoms with E-state index in [1.54, 1.807) is 0 Å². The van der Waals surface area contributed by atoms with Crippen LogP contribution in [0.15, 0.2) is 6.33 Å². The van der Waals surface area contributed by atoms with Crippen molar-refractivity contribution in [3.8, 4) is 0 Å². The lowest BCUT2D eigenvalue weighted by molar-refractivity contribution is 0.439. The van der Waals surface area contributed by atoms with Crippen LogP contribution in [-0.2, 0) is 0 Å². The number of aromatic nitrogens is 2. The van der Waals surface area contributed by atoms with Crippen LogP contribution in [0.2, 0.25) is 0 Å². The van der Waals surface area contributed by atoms with Crippen LogP contribution in [0.1, 0.15) is 46.1 Å². The summed E-state index contributed by atoms with van der Waals surface area (Å²) in [5.41, 5.74) is 3.67. The van der Waals surface area contributed by atoms with Gasteiger partial charge in [0.2, 0.25) is 0 Å². The fourth-order valence-electron chi connectivity index (χ4n) is 1.69. The predicted molar refractivity (Wildman–Crippen MR) is 76.4 cm³/mol. The molecule has 0 aliphatic heterocycles. The van der Waals surface area contributed by atoms with Gasteiger partial charge in [-0.15, -0.1) is 0 Å². The van der Waals surface area contributed by atoms with E-state index in [1.807, 2.05) is 0 Å². The van der Waals surface area contributed by atoms with Gasteiger partial charge in [0.15, 0.2) is 0 Å². The number of rotatable bonds is 6. The molecule has 18 heavy (non-hydrogen) atoms. The van der Waals surface area contributed by atoms with Crippen LogP contribution in [0, 0.1) is 11.8 Å². The number of nitrogens with two attached hydrogens (primary N) is 1. The minimum Gasteiger partial charge on any atom is -0.369 e. The largest absolute Gasteiger partial charge is 0.369 e. The van der Waals surface area contributed by atoms with Crippen molar-refractivity contribution < 1.29 is 0 Å². The maximum Gasteiger partial charge on any atom is 0.148 e. The first-order chi connectivity index (χ1) is 8.47. The molecule has 0 bridgehead atoms. The second-order valence-electron chi connectivity index (χ2n) is 5.39. The quantitative estimate of drug-likeness (QED) is 0.535. The highest BCUT2D eigenvalue weighted by Gasteiger charge is 2.15. The molecule has 0 aliphatic rings. The van der Waals surface area contributed by atoms with E-state index in [4.69, 9.17) is 5.84 Å². The van der Waals surface area contributed by atoms with Crippen LogP contribution < -0.4 is 16.6 Å². The number of hydrazine groups is 1. The second-order valence-corrected chi connectivity index (χ2v) is 5.39. The molecule has 1 aromatic rings. The molecule has 0 saturated heterocycles. The molecule has 1 rings (SSSR count). The van der Waals surface area contributed by atoms with Crippen molar-refractivity contribution in [3.63, 3.8) is 0 Å². The molecule has 0 spiro atoms. The summed E-state index contributed by atoms with van der Waals surface area (Å²) in [4.78, 5) is 8.48. The number of nitrogens with zero attached hydrogens (tertiary/aromatic N) is 2. The van der Waals surface area contributed by atoms with Crippen LogP contribution in [0.4, 0.5) is 11.6 Å². The van der Waals surface area contributed by atoms with E-state index in [0.717, 1.165) is 17.9 Å². The highest BCUT2D eigenvalue weighted by molar-refractivity contribution is 5.58. The van der Waals surface area contributed by atoms with Crippen LogP contribution in [-0.4, -0.2) is 16.5 Å². The third-order valence-electron chi connectivity index (χ3n) is 3.33. The molecular weight excluding hydrogens is 226 g/mol. The Balaban J connectivity index is 2.88. The van der Waals surface area contributed by atoms with Gasteiger partial charge in [-0.05, 0) is 17.8 Å². The van der Waals surface area contributed by atoms with Crippen molar-refractivity contribution in [2.24, 2.45) is 17.7 Å². The Morgan fingerprint density at radius 2 is 1.72 bits per heavy atom. The van der Waals surface area contributed by atoms with E-state index < -0.39 is 0 Å². The average molecular weight is 251 g/mol. The summed E-state index contributed by atoms with van der Waals surface area (Å²) in [6.07, 6.45) is 1.53. The van der Waals surface area contributed by atoms with E-state index in [-0.39, 0.29) is 0 Å². The Morgan fingerprint density at radius 3 is 2.22 bits per heavy atom. The summed E-state index contributed by atoms with van der Waals surface area (Å²) in [7, 11) is 0. The maximum absolute atomic E-state index is 5.49. The third-order valence-corrected chi connectivity index (χ3v) is 3.33. The first-order valence-corrected chi connectivity index (χ1v) is 6.52. The van der Waals surface area contributed by atoms with Crippen molar-refractivity contribution in [2.75, 3.05) is 17.3 Å². The molecule has 1 atom stereocenters. The Kier molecular flexibility index (Phi) is 5.34. The van der Waals surface area contributed by atoms with Gasteiger partial charge >= 0.3 is 0 Å². The lowest BCUT2D eigenvalue weighted by Gasteiger charge is -2.20. The second kappa shape index (κ2) is 6.54. The zero-order valence-corrected chi connectivity index (χ0v) is 12.0. The monoisotopic (exact) mass is 251 g/mol. The number of hydrogen-bond acceptors (Lipinski definition) is 5. The zero-order chi connectivity index (χ0) is 13.7. The summed E-state index contributed by atoms with van der Waals surface area (Å²) < 4.78 is 0. The van der Waals surface area contributed by atoms with Gasteiger partial charge in [0.1, 0.15) is 18.0 Å². The van der Waals surface area contributed by atoms with Crippen molar-refractivity contribution in [1.82, 2.24) is 9.97 Å². The van der Waals surface area contributed by atoms with E-state index in [9.17, 15) is 0 Å². The number of nitrogen functional groups attached to an aromatic ring is 1. The summed E-state index contributed by atoms with van der Waals surface area (Å²) in [5, 5.41) is 3.40. The van der Waals surface area contributed by atoms with Crippen LogP contribution in [0.25, 0.3) is 0 Å². The lowest BCUT2D eigenvalue weighted by atomic mass is 9.98. The van der Waals surface area contributed by atoms with Crippen LogP contribution in [0.3, 0.4) is 0 Å². The Hall–Kier alpha value is -1.36. The lowest BCUT2D eigenvalue weighted by Crippen LogP contribution is -2.20. The SMILES string of the molecule is CC(C)c1c(NN)ncnc1NCC(C)C(C)C. The fourth-order valence-corrected chi connectivity index (χ4v) is 1.69. The van der Waals surface area contributed by atoms with Crippen molar-refractivity contribution in [3.05, 3.63) is 11.9 Å². The smallest absolute Gasteiger partial charge is 0.148 e. The number of hydrogen-bond donors (Lipinski definition) is 3.